The van der Waals surface area contributed by atoms with Crippen LogP contribution in [0, 0.1) is 0 Å². The van der Waals surface area contributed by atoms with E-state index in [4.69, 9.17) is 0 Å². The Morgan fingerprint density at radius 2 is 1.25 bits per heavy atom. The van der Waals surface area contributed by atoms with E-state index in [9.17, 15) is 7.77 Å². The summed E-state index contributed by atoms with van der Waals surface area (Å²) in [5, 5.41) is 0. The third kappa shape index (κ3) is 1.99. The number of rotatable bonds is 0. The van der Waals surface area contributed by atoms with Crippen molar-refractivity contribution >= 4 is 10.8 Å². The first kappa shape index (κ1) is 8.21. The minimum Gasteiger partial charge on any atom is -0.158 e. The highest BCUT2D eigenvalue weighted by molar-refractivity contribution is 8.25. The Labute approximate surface area is 51.2 Å². The lowest BCUT2D eigenvalue weighted by atomic mass is 10.3. The summed E-state index contributed by atoms with van der Waals surface area (Å²) >= 11 is 0. The summed E-state index contributed by atoms with van der Waals surface area (Å²) in [6, 6.07) is 0. The van der Waals surface area contributed by atoms with Crippen LogP contribution in [0.4, 0.5) is 7.77 Å². The minimum absolute atomic E-state index is 0.812. The molecule has 0 aliphatic carbocycles. The Hall–Kier alpha value is 0.210. The fraction of sp³-hybridized carbons (Fsp3) is 1.00. The van der Waals surface area contributed by atoms with Crippen molar-refractivity contribution in [2.45, 2.75) is 25.5 Å². The van der Waals surface area contributed by atoms with E-state index in [-0.39, 0.29) is 0 Å². The number of halogens is 2. The molecule has 0 spiro atoms. The molecule has 3 heteroatoms. The van der Waals surface area contributed by atoms with Crippen LogP contribution in [-0.2, 0) is 0 Å². The lowest BCUT2D eigenvalue weighted by Crippen LogP contribution is -2.16. The largest absolute Gasteiger partial charge is 0.158 e. The average Bonchev–Trinajstić information content (AvgIpc) is 1.25. The van der Waals surface area contributed by atoms with Crippen LogP contribution in [0.3, 0.4) is 0 Å². The van der Waals surface area contributed by atoms with Crippen molar-refractivity contribution in [2.75, 3.05) is 6.26 Å². The van der Waals surface area contributed by atoms with E-state index >= 15 is 0 Å². The maximum absolute atomic E-state index is 12.3. The van der Waals surface area contributed by atoms with Gasteiger partial charge >= 0.3 is 0 Å². The van der Waals surface area contributed by atoms with E-state index in [0.717, 1.165) is 6.26 Å². The van der Waals surface area contributed by atoms with Gasteiger partial charge in [-0.05, 0) is 20.8 Å². The van der Waals surface area contributed by atoms with Gasteiger partial charge in [0, 0.05) is 11.0 Å². The van der Waals surface area contributed by atoms with Crippen molar-refractivity contribution in [3.8, 4) is 0 Å². The lowest BCUT2D eigenvalue weighted by molar-refractivity contribution is 0.647. The van der Waals surface area contributed by atoms with Crippen LogP contribution < -0.4 is 0 Å². The van der Waals surface area contributed by atoms with Crippen molar-refractivity contribution in [1.29, 1.82) is 0 Å². The Morgan fingerprint density at radius 1 is 1.12 bits per heavy atom. The molecule has 0 unspecified atom stereocenters. The predicted octanol–water partition coefficient (Wildman–Crippen LogP) is 2.99. The van der Waals surface area contributed by atoms with E-state index in [2.05, 4.69) is 0 Å². The molecule has 0 radical (unpaired) electrons. The maximum Gasteiger partial charge on any atom is 0.0593 e. The summed E-state index contributed by atoms with van der Waals surface area (Å²) in [6.45, 7) is 4.67. The normalized spacial score (nSPS) is 16.2. The van der Waals surface area contributed by atoms with Crippen molar-refractivity contribution < 1.29 is 7.77 Å². The van der Waals surface area contributed by atoms with Gasteiger partial charge in [-0.2, -0.15) is 7.77 Å². The second-order valence-corrected chi connectivity index (χ2v) is 5.51. The molecule has 0 rings (SSSR count). The highest BCUT2D eigenvalue weighted by Gasteiger charge is 2.31. The summed E-state index contributed by atoms with van der Waals surface area (Å²) in [6.07, 6.45) is 1.02. The first-order valence-electron chi connectivity index (χ1n) is 2.42. The van der Waals surface area contributed by atoms with Crippen molar-refractivity contribution in [2.24, 2.45) is 0 Å². The molecule has 0 aliphatic heterocycles. The van der Waals surface area contributed by atoms with Gasteiger partial charge in [0.1, 0.15) is 0 Å². The van der Waals surface area contributed by atoms with Gasteiger partial charge in [-0.25, -0.2) is 0 Å². The van der Waals surface area contributed by atoms with Crippen molar-refractivity contribution in [3.63, 3.8) is 0 Å². The fourth-order valence-corrected chi connectivity index (χ4v) is 0. The van der Waals surface area contributed by atoms with Gasteiger partial charge in [0.25, 0.3) is 0 Å². The quantitative estimate of drug-likeness (QED) is 0.487. The molecule has 0 saturated heterocycles. The Balaban J connectivity index is 4.02. The molecule has 0 nitrogen and oxygen atoms in total. The third-order valence-corrected chi connectivity index (χ3v) is 3.23. The number of hydrogen-bond donors (Lipinski definition) is 0. The van der Waals surface area contributed by atoms with E-state index in [0.29, 0.717) is 0 Å². The molecular weight excluding hydrogens is 130 g/mol. The molecule has 0 aromatic carbocycles. The SMILES string of the molecule is CC(C)(C)S(C)(F)F. The molecule has 0 aliphatic rings. The van der Waals surface area contributed by atoms with Crippen LogP contribution in [-0.4, -0.2) is 11.0 Å². The van der Waals surface area contributed by atoms with E-state index in [1.807, 2.05) is 0 Å². The van der Waals surface area contributed by atoms with E-state index in [1.54, 1.807) is 20.8 Å². The van der Waals surface area contributed by atoms with Crippen molar-refractivity contribution in [1.82, 2.24) is 0 Å². The van der Waals surface area contributed by atoms with Gasteiger partial charge < -0.3 is 0 Å². The van der Waals surface area contributed by atoms with E-state index in [1.165, 1.54) is 0 Å². The highest BCUT2D eigenvalue weighted by Crippen LogP contribution is 2.58. The molecule has 0 N–H and O–H groups in total. The Morgan fingerprint density at radius 3 is 1.25 bits per heavy atom. The molecule has 0 fully saturated rings. The topological polar surface area (TPSA) is 0 Å². The summed E-state index contributed by atoms with van der Waals surface area (Å²) in [5.74, 6) is 0. The van der Waals surface area contributed by atoms with Gasteiger partial charge in [0.05, 0.1) is 10.8 Å². The molecule has 0 amide bonds. The average molecular weight is 142 g/mol. The summed E-state index contributed by atoms with van der Waals surface area (Å²) in [7, 11) is -3.34. The molecule has 0 bridgehead atoms. The first-order valence-corrected chi connectivity index (χ1v) is 4.26. The zero-order valence-electron chi connectivity index (χ0n) is 5.66. The summed E-state index contributed by atoms with van der Waals surface area (Å²) in [5.41, 5.74) is 0. The van der Waals surface area contributed by atoms with Gasteiger partial charge in [0.2, 0.25) is 0 Å². The first-order chi connectivity index (χ1) is 3.25. The van der Waals surface area contributed by atoms with Gasteiger partial charge in [-0.15, -0.1) is 0 Å². The predicted molar refractivity (Wildman–Crippen MR) is 35.5 cm³/mol. The van der Waals surface area contributed by atoms with Gasteiger partial charge in [-0.1, -0.05) is 0 Å². The van der Waals surface area contributed by atoms with Crippen molar-refractivity contribution in [3.05, 3.63) is 0 Å². The van der Waals surface area contributed by atoms with Gasteiger partial charge in [0.15, 0.2) is 0 Å². The van der Waals surface area contributed by atoms with Crippen LogP contribution >= 0.6 is 10.8 Å². The molecule has 0 heterocycles. The van der Waals surface area contributed by atoms with E-state index < -0.39 is 15.5 Å². The second-order valence-electron chi connectivity index (χ2n) is 2.84. The molecule has 0 aromatic rings. The molecule has 0 saturated carbocycles. The lowest BCUT2D eigenvalue weighted by Gasteiger charge is -2.30. The summed E-state index contributed by atoms with van der Waals surface area (Å²) in [4.78, 5) is 0. The fourth-order valence-electron chi connectivity index (χ4n) is 0. The molecule has 0 aromatic heterocycles. The molecule has 52 valence electrons. The van der Waals surface area contributed by atoms with Gasteiger partial charge in [-0.3, -0.25) is 0 Å². The zero-order chi connectivity index (χ0) is 7.00. The maximum atomic E-state index is 12.3. The van der Waals surface area contributed by atoms with Crippen LogP contribution in [0.15, 0.2) is 0 Å². The van der Waals surface area contributed by atoms with Crippen LogP contribution in [0.5, 0.6) is 0 Å². The summed E-state index contributed by atoms with van der Waals surface area (Å²) < 4.78 is 23.8. The Bertz CT molecular complexity index is 65.4. The third-order valence-electron chi connectivity index (χ3n) is 1.08. The Kier molecular flexibility index (Phi) is 1.91. The smallest absolute Gasteiger partial charge is 0.0593 e. The molecule has 8 heavy (non-hydrogen) atoms. The van der Waals surface area contributed by atoms with Crippen LogP contribution in [0.2, 0.25) is 0 Å². The molecular formula is C5H12F2S. The van der Waals surface area contributed by atoms with Crippen LogP contribution in [0.25, 0.3) is 0 Å². The second kappa shape index (κ2) is 1.87. The zero-order valence-corrected chi connectivity index (χ0v) is 6.48. The number of hydrogen-bond acceptors (Lipinski definition) is 0. The minimum atomic E-state index is -3.34. The monoisotopic (exact) mass is 142 g/mol. The standard InChI is InChI=1S/C5H12F2S/c1-5(2,3)8(4,6)7/h1-4H3. The van der Waals surface area contributed by atoms with Crippen LogP contribution in [0.1, 0.15) is 20.8 Å². The highest BCUT2D eigenvalue weighted by atomic mass is 32.3. The molecule has 0 atom stereocenters.